The maximum absolute atomic E-state index is 13.8. The number of morpholine rings is 1. The van der Waals surface area contributed by atoms with Gasteiger partial charge in [0, 0.05) is 31.8 Å². The van der Waals surface area contributed by atoms with Crippen LogP contribution in [0.1, 0.15) is 17.5 Å². The largest absolute Gasteiger partial charge is 0.396 e. The van der Waals surface area contributed by atoms with Gasteiger partial charge in [0.15, 0.2) is 0 Å². The van der Waals surface area contributed by atoms with Crippen LogP contribution >= 0.6 is 0 Å². The van der Waals surface area contributed by atoms with Crippen molar-refractivity contribution in [1.29, 1.82) is 0 Å². The standard InChI is InChI=1S/C14H20FNO2/c1-11-2-3-12(14(15)8-11)9-16-5-7-18-13(10-16)4-6-17/h2-3,8,13,17H,4-7,9-10H2,1H3. The average Bonchev–Trinajstić information content (AvgIpc) is 2.34. The van der Waals surface area contributed by atoms with Gasteiger partial charge in [0.2, 0.25) is 0 Å². The fraction of sp³-hybridized carbons (Fsp3) is 0.571. The van der Waals surface area contributed by atoms with Gasteiger partial charge in [0.25, 0.3) is 0 Å². The lowest BCUT2D eigenvalue weighted by molar-refractivity contribution is -0.0409. The molecule has 0 aromatic heterocycles. The van der Waals surface area contributed by atoms with Crippen molar-refractivity contribution in [3.05, 3.63) is 35.1 Å². The topological polar surface area (TPSA) is 32.7 Å². The molecule has 1 N–H and O–H groups in total. The molecule has 1 aromatic carbocycles. The number of aliphatic hydroxyl groups excluding tert-OH is 1. The summed E-state index contributed by atoms with van der Waals surface area (Å²) >= 11 is 0. The third kappa shape index (κ3) is 3.51. The van der Waals surface area contributed by atoms with Crippen molar-refractivity contribution in [1.82, 2.24) is 4.90 Å². The highest BCUT2D eigenvalue weighted by Crippen LogP contribution is 2.15. The number of nitrogens with zero attached hydrogens (tertiary/aromatic N) is 1. The molecule has 1 aromatic rings. The average molecular weight is 253 g/mol. The van der Waals surface area contributed by atoms with E-state index in [4.69, 9.17) is 9.84 Å². The van der Waals surface area contributed by atoms with Gasteiger partial charge >= 0.3 is 0 Å². The molecule has 1 saturated heterocycles. The van der Waals surface area contributed by atoms with Crippen molar-refractivity contribution in [3.8, 4) is 0 Å². The van der Waals surface area contributed by atoms with E-state index in [1.807, 2.05) is 19.1 Å². The first-order chi connectivity index (χ1) is 8.69. The van der Waals surface area contributed by atoms with E-state index in [-0.39, 0.29) is 18.5 Å². The minimum atomic E-state index is -0.139. The van der Waals surface area contributed by atoms with Crippen LogP contribution in [0.2, 0.25) is 0 Å². The van der Waals surface area contributed by atoms with Crippen molar-refractivity contribution in [3.63, 3.8) is 0 Å². The molecule has 18 heavy (non-hydrogen) atoms. The van der Waals surface area contributed by atoms with Gasteiger partial charge in [-0.1, -0.05) is 12.1 Å². The second-order valence-corrected chi connectivity index (χ2v) is 4.84. The van der Waals surface area contributed by atoms with E-state index in [2.05, 4.69) is 4.90 Å². The van der Waals surface area contributed by atoms with E-state index in [0.29, 0.717) is 19.6 Å². The van der Waals surface area contributed by atoms with Crippen LogP contribution in [0.25, 0.3) is 0 Å². The SMILES string of the molecule is Cc1ccc(CN2CCOC(CCO)C2)c(F)c1. The lowest BCUT2D eigenvalue weighted by atomic mass is 10.1. The fourth-order valence-electron chi connectivity index (χ4n) is 2.26. The predicted octanol–water partition coefficient (Wildman–Crippen LogP) is 1.72. The Morgan fingerprint density at radius 1 is 1.50 bits per heavy atom. The van der Waals surface area contributed by atoms with Crippen LogP contribution in [-0.4, -0.2) is 42.4 Å². The molecule has 0 radical (unpaired) electrons. The number of aryl methyl sites for hydroxylation is 1. The molecular weight excluding hydrogens is 233 g/mol. The highest BCUT2D eigenvalue weighted by molar-refractivity contribution is 5.23. The maximum atomic E-state index is 13.8. The second kappa shape index (κ2) is 6.27. The molecule has 1 aliphatic rings. The Bertz CT molecular complexity index is 395. The van der Waals surface area contributed by atoms with Gasteiger partial charge in [0.1, 0.15) is 5.82 Å². The normalized spacial score (nSPS) is 21.2. The van der Waals surface area contributed by atoms with Crippen molar-refractivity contribution >= 4 is 0 Å². The van der Waals surface area contributed by atoms with Crippen molar-refractivity contribution in [2.24, 2.45) is 0 Å². The molecular formula is C14H20FNO2. The molecule has 0 amide bonds. The lowest BCUT2D eigenvalue weighted by Crippen LogP contribution is -2.42. The highest BCUT2D eigenvalue weighted by atomic mass is 19.1. The number of rotatable bonds is 4. The summed E-state index contributed by atoms with van der Waals surface area (Å²) in [6, 6.07) is 5.35. The Kier molecular flexibility index (Phi) is 4.69. The van der Waals surface area contributed by atoms with Gasteiger partial charge in [0.05, 0.1) is 12.7 Å². The van der Waals surface area contributed by atoms with E-state index < -0.39 is 0 Å². The minimum absolute atomic E-state index is 0.0669. The first-order valence-electron chi connectivity index (χ1n) is 6.39. The maximum Gasteiger partial charge on any atom is 0.127 e. The Morgan fingerprint density at radius 3 is 3.06 bits per heavy atom. The summed E-state index contributed by atoms with van der Waals surface area (Å²) in [5.41, 5.74) is 1.67. The summed E-state index contributed by atoms with van der Waals surface area (Å²) in [6.45, 7) is 4.86. The number of halogens is 1. The third-order valence-corrected chi connectivity index (χ3v) is 3.28. The molecule has 100 valence electrons. The van der Waals surface area contributed by atoms with Crippen LogP contribution in [0.15, 0.2) is 18.2 Å². The number of hydrogen-bond donors (Lipinski definition) is 1. The molecule has 1 aliphatic heterocycles. The molecule has 3 nitrogen and oxygen atoms in total. The molecule has 1 atom stereocenters. The van der Waals surface area contributed by atoms with Gasteiger partial charge in [-0.05, 0) is 25.0 Å². The van der Waals surface area contributed by atoms with Crippen molar-refractivity contribution in [2.45, 2.75) is 26.0 Å². The van der Waals surface area contributed by atoms with Gasteiger partial charge in [-0.2, -0.15) is 0 Å². The van der Waals surface area contributed by atoms with Crippen LogP contribution in [0, 0.1) is 12.7 Å². The summed E-state index contributed by atoms with van der Waals surface area (Å²) in [5, 5.41) is 8.91. The Balaban J connectivity index is 1.96. The number of aliphatic hydroxyl groups is 1. The van der Waals surface area contributed by atoms with Crippen LogP contribution in [0.4, 0.5) is 4.39 Å². The third-order valence-electron chi connectivity index (χ3n) is 3.28. The van der Waals surface area contributed by atoms with Gasteiger partial charge in [-0.3, -0.25) is 4.90 Å². The van der Waals surface area contributed by atoms with Crippen molar-refractivity contribution < 1.29 is 14.2 Å². The molecule has 0 saturated carbocycles. The van der Waals surface area contributed by atoms with Gasteiger partial charge in [-0.15, -0.1) is 0 Å². The fourth-order valence-corrected chi connectivity index (χ4v) is 2.26. The Hall–Kier alpha value is -0.970. The quantitative estimate of drug-likeness (QED) is 0.887. The summed E-state index contributed by atoms with van der Waals surface area (Å²) in [6.07, 6.45) is 0.713. The number of hydrogen-bond acceptors (Lipinski definition) is 3. The first-order valence-corrected chi connectivity index (χ1v) is 6.39. The smallest absolute Gasteiger partial charge is 0.127 e. The highest BCUT2D eigenvalue weighted by Gasteiger charge is 2.20. The zero-order chi connectivity index (χ0) is 13.0. The molecule has 1 heterocycles. The number of benzene rings is 1. The summed E-state index contributed by atoms with van der Waals surface area (Å²) in [7, 11) is 0. The van der Waals surface area contributed by atoms with E-state index in [9.17, 15) is 4.39 Å². The molecule has 1 fully saturated rings. The number of ether oxygens (including phenoxy) is 1. The monoisotopic (exact) mass is 253 g/mol. The van der Waals surface area contributed by atoms with Crippen LogP contribution in [-0.2, 0) is 11.3 Å². The van der Waals surface area contributed by atoms with E-state index in [1.165, 1.54) is 0 Å². The first kappa shape index (κ1) is 13.5. The summed E-state index contributed by atoms with van der Waals surface area (Å²) < 4.78 is 19.3. The zero-order valence-electron chi connectivity index (χ0n) is 10.7. The lowest BCUT2D eigenvalue weighted by Gasteiger charge is -2.32. The summed E-state index contributed by atoms with van der Waals surface area (Å²) in [5.74, 6) is -0.139. The second-order valence-electron chi connectivity index (χ2n) is 4.84. The predicted molar refractivity (Wildman–Crippen MR) is 67.9 cm³/mol. The molecule has 0 bridgehead atoms. The minimum Gasteiger partial charge on any atom is -0.396 e. The zero-order valence-corrected chi connectivity index (χ0v) is 10.7. The van der Waals surface area contributed by atoms with Gasteiger partial charge in [-0.25, -0.2) is 4.39 Å². The summed E-state index contributed by atoms with van der Waals surface area (Å²) in [4.78, 5) is 2.18. The van der Waals surface area contributed by atoms with Crippen LogP contribution < -0.4 is 0 Å². The Morgan fingerprint density at radius 2 is 2.33 bits per heavy atom. The molecule has 2 rings (SSSR count). The molecule has 0 aliphatic carbocycles. The van der Waals surface area contributed by atoms with E-state index >= 15 is 0 Å². The van der Waals surface area contributed by atoms with Crippen LogP contribution in [0.3, 0.4) is 0 Å². The molecule has 4 heteroatoms. The van der Waals surface area contributed by atoms with Gasteiger partial charge < -0.3 is 9.84 Å². The van der Waals surface area contributed by atoms with E-state index in [1.54, 1.807) is 6.07 Å². The molecule has 1 unspecified atom stereocenters. The molecule has 0 spiro atoms. The van der Waals surface area contributed by atoms with Crippen LogP contribution in [0.5, 0.6) is 0 Å². The van der Waals surface area contributed by atoms with Crippen molar-refractivity contribution in [2.75, 3.05) is 26.3 Å². The Labute approximate surface area is 107 Å². The van der Waals surface area contributed by atoms with E-state index in [0.717, 1.165) is 24.2 Å².